The van der Waals surface area contributed by atoms with Crippen molar-refractivity contribution in [1.29, 1.82) is 0 Å². The summed E-state index contributed by atoms with van der Waals surface area (Å²) < 4.78 is 0. The van der Waals surface area contributed by atoms with E-state index in [-0.39, 0.29) is 6.03 Å². The third-order valence-electron chi connectivity index (χ3n) is 3.40. The van der Waals surface area contributed by atoms with Crippen LogP contribution in [-0.4, -0.2) is 27.8 Å². The first-order valence-corrected chi connectivity index (χ1v) is 7.86. The maximum absolute atomic E-state index is 12.1. The molecular weight excluding hydrogens is 314 g/mol. The van der Waals surface area contributed by atoms with Gasteiger partial charge >= 0.3 is 6.03 Å². The predicted molar refractivity (Wildman–Crippen MR) is 96.0 cm³/mol. The fraction of sp³-hybridized carbons (Fsp3) is 0.105. The third kappa shape index (κ3) is 4.94. The third-order valence-corrected chi connectivity index (χ3v) is 3.40. The summed E-state index contributed by atoms with van der Waals surface area (Å²) in [7, 11) is 0. The molecule has 0 atom stereocenters. The van der Waals surface area contributed by atoms with Gasteiger partial charge in [-0.1, -0.05) is 42.2 Å². The highest BCUT2D eigenvalue weighted by molar-refractivity contribution is 5.90. The average molecular weight is 331 g/mol. The molecule has 2 aromatic carbocycles. The molecule has 0 aliphatic rings. The molecule has 6 nitrogen and oxygen atoms in total. The lowest BCUT2D eigenvalue weighted by atomic mass is 10.1. The zero-order valence-electron chi connectivity index (χ0n) is 13.5. The number of hydrogen-bond acceptors (Lipinski definition) is 3. The quantitative estimate of drug-likeness (QED) is 0.643. The van der Waals surface area contributed by atoms with Crippen molar-refractivity contribution in [1.82, 2.24) is 20.5 Å². The summed E-state index contributed by atoms with van der Waals surface area (Å²) in [4.78, 5) is 16.1. The minimum absolute atomic E-state index is 0.284. The first kappa shape index (κ1) is 16.3. The molecule has 3 N–H and O–H groups in total. The van der Waals surface area contributed by atoms with E-state index in [2.05, 4.69) is 37.7 Å². The van der Waals surface area contributed by atoms with E-state index in [4.69, 9.17) is 0 Å². The highest BCUT2D eigenvalue weighted by Crippen LogP contribution is 2.13. The van der Waals surface area contributed by atoms with Gasteiger partial charge in [0.2, 0.25) is 0 Å². The first-order chi connectivity index (χ1) is 12.3. The molecule has 0 radical (unpaired) electrons. The number of anilines is 1. The molecule has 0 aliphatic heterocycles. The van der Waals surface area contributed by atoms with Crippen molar-refractivity contribution in [3.63, 3.8) is 0 Å². The van der Waals surface area contributed by atoms with Gasteiger partial charge in [-0.05, 0) is 24.3 Å². The van der Waals surface area contributed by atoms with Crippen molar-refractivity contribution in [2.75, 3.05) is 11.9 Å². The highest BCUT2D eigenvalue weighted by atomic mass is 16.2. The Morgan fingerprint density at radius 3 is 2.64 bits per heavy atom. The Kier molecular flexibility index (Phi) is 5.41. The van der Waals surface area contributed by atoms with Crippen LogP contribution in [0.15, 0.2) is 60.9 Å². The normalized spacial score (nSPS) is 9.76. The molecule has 0 fully saturated rings. The van der Waals surface area contributed by atoms with Crippen molar-refractivity contribution >= 4 is 11.7 Å². The molecule has 1 aromatic heterocycles. The van der Waals surface area contributed by atoms with Crippen LogP contribution in [0.1, 0.15) is 17.0 Å². The van der Waals surface area contributed by atoms with Gasteiger partial charge in [-0.3, -0.25) is 5.10 Å². The number of nitrogens with one attached hydrogen (secondary N) is 3. The zero-order valence-corrected chi connectivity index (χ0v) is 13.5. The Morgan fingerprint density at radius 2 is 1.84 bits per heavy atom. The van der Waals surface area contributed by atoms with Gasteiger partial charge in [0.25, 0.3) is 0 Å². The minimum Gasteiger partial charge on any atom is -0.337 e. The topological polar surface area (TPSA) is 82.7 Å². The molecule has 3 rings (SSSR count). The number of rotatable bonds is 4. The van der Waals surface area contributed by atoms with E-state index in [1.54, 1.807) is 0 Å². The number of urea groups is 1. The lowest BCUT2D eigenvalue weighted by molar-refractivity contribution is 0.252. The smallest absolute Gasteiger partial charge is 0.319 e. The number of hydrogen-bond donors (Lipinski definition) is 3. The molecule has 0 spiro atoms. The zero-order chi connectivity index (χ0) is 17.3. The second-order valence-corrected chi connectivity index (χ2v) is 5.22. The molecular formula is C19H17N5O. The summed E-state index contributed by atoms with van der Waals surface area (Å²) >= 11 is 0. The lowest BCUT2D eigenvalue weighted by Gasteiger charge is -2.08. The van der Waals surface area contributed by atoms with E-state index in [9.17, 15) is 4.79 Å². The van der Waals surface area contributed by atoms with Crippen LogP contribution in [0.5, 0.6) is 0 Å². The molecule has 25 heavy (non-hydrogen) atoms. The highest BCUT2D eigenvalue weighted by Gasteiger charge is 2.05. The fourth-order valence-electron chi connectivity index (χ4n) is 2.17. The summed E-state index contributed by atoms with van der Waals surface area (Å²) in [6.45, 7) is 0.457. The number of aromatic nitrogens is 3. The van der Waals surface area contributed by atoms with Crippen molar-refractivity contribution in [2.45, 2.75) is 6.42 Å². The molecule has 0 aliphatic carbocycles. The van der Waals surface area contributed by atoms with Crippen LogP contribution in [0.3, 0.4) is 0 Å². The average Bonchev–Trinajstić information content (AvgIpc) is 3.15. The molecule has 1 heterocycles. The van der Waals surface area contributed by atoms with Gasteiger partial charge in [0, 0.05) is 24.1 Å². The van der Waals surface area contributed by atoms with E-state index in [1.165, 1.54) is 6.33 Å². The number of carbonyl (C=O) groups is 1. The van der Waals surface area contributed by atoms with Crippen LogP contribution >= 0.6 is 0 Å². The molecule has 124 valence electrons. The van der Waals surface area contributed by atoms with Gasteiger partial charge in [-0.15, -0.1) is 0 Å². The van der Waals surface area contributed by atoms with Crippen LogP contribution in [-0.2, 0) is 6.42 Å². The summed E-state index contributed by atoms with van der Waals surface area (Å²) in [6, 6.07) is 16.9. The number of carbonyl (C=O) groups excluding carboxylic acids is 1. The summed E-state index contributed by atoms with van der Waals surface area (Å²) in [6.07, 6.45) is 2.03. The van der Waals surface area contributed by atoms with E-state index < -0.39 is 0 Å². The predicted octanol–water partition coefficient (Wildman–Crippen LogP) is 2.57. The maximum atomic E-state index is 12.1. The number of aromatic amines is 1. The van der Waals surface area contributed by atoms with Gasteiger partial charge in [0.05, 0.1) is 5.69 Å². The molecule has 6 heteroatoms. The van der Waals surface area contributed by atoms with Crippen molar-refractivity contribution in [3.8, 4) is 11.8 Å². The Bertz CT molecular complexity index is 879. The molecule has 0 saturated carbocycles. The van der Waals surface area contributed by atoms with Gasteiger partial charge in [0.15, 0.2) is 0 Å². The van der Waals surface area contributed by atoms with Gasteiger partial charge in [0.1, 0.15) is 12.2 Å². The summed E-state index contributed by atoms with van der Waals surface area (Å²) in [5.74, 6) is 6.92. The van der Waals surface area contributed by atoms with E-state index in [0.29, 0.717) is 18.7 Å². The summed E-state index contributed by atoms with van der Waals surface area (Å²) in [5, 5.41) is 12.1. The van der Waals surface area contributed by atoms with E-state index in [0.717, 1.165) is 17.0 Å². The second-order valence-electron chi connectivity index (χ2n) is 5.22. The van der Waals surface area contributed by atoms with Crippen molar-refractivity contribution in [2.24, 2.45) is 0 Å². The van der Waals surface area contributed by atoms with Crippen LogP contribution < -0.4 is 10.6 Å². The van der Waals surface area contributed by atoms with Crippen LogP contribution in [0.25, 0.3) is 0 Å². The molecule has 0 unspecified atom stereocenters. The number of H-pyrrole nitrogens is 1. The fourth-order valence-corrected chi connectivity index (χ4v) is 2.17. The Balaban J connectivity index is 1.60. The molecule has 0 bridgehead atoms. The number of benzene rings is 2. The minimum atomic E-state index is -0.284. The number of amides is 2. The van der Waals surface area contributed by atoms with Gasteiger partial charge in [-0.2, -0.15) is 5.10 Å². The molecule has 3 aromatic rings. The number of para-hydroxylation sites is 1. The summed E-state index contributed by atoms with van der Waals surface area (Å²) in [5.41, 5.74) is 2.36. The number of nitrogens with zero attached hydrogens (tertiary/aromatic N) is 2. The lowest BCUT2D eigenvalue weighted by Crippen LogP contribution is -2.30. The largest absolute Gasteiger partial charge is 0.337 e. The second kappa shape index (κ2) is 8.31. The monoisotopic (exact) mass is 331 g/mol. The maximum Gasteiger partial charge on any atom is 0.319 e. The Labute approximate surface area is 145 Å². The van der Waals surface area contributed by atoms with E-state index in [1.807, 2.05) is 54.6 Å². The van der Waals surface area contributed by atoms with Crippen LogP contribution in [0, 0.1) is 11.8 Å². The molecule has 0 saturated heterocycles. The van der Waals surface area contributed by atoms with Crippen LogP contribution in [0.4, 0.5) is 10.5 Å². The Hall–Kier alpha value is -3.59. The van der Waals surface area contributed by atoms with Crippen molar-refractivity contribution in [3.05, 3.63) is 77.9 Å². The van der Waals surface area contributed by atoms with Gasteiger partial charge in [-0.25, -0.2) is 9.78 Å². The van der Waals surface area contributed by atoms with Crippen LogP contribution in [0.2, 0.25) is 0 Å². The van der Waals surface area contributed by atoms with Crippen molar-refractivity contribution < 1.29 is 4.79 Å². The standard InChI is InChI=1S/C19H17N5O/c25-19(20-13-12-18-21-14-22-24-18)23-17-9-5-4-8-16(17)11-10-15-6-2-1-3-7-15/h1-9,14H,12-13H2,(H2,20,23,25)(H,21,22,24). The van der Waals surface area contributed by atoms with E-state index >= 15 is 0 Å². The molecule has 2 amide bonds. The van der Waals surface area contributed by atoms with Gasteiger partial charge < -0.3 is 10.6 Å². The SMILES string of the molecule is O=C(NCCc1ncn[nH]1)Nc1ccccc1C#Cc1ccccc1. The first-order valence-electron chi connectivity index (χ1n) is 7.86. The Morgan fingerprint density at radius 1 is 1.04 bits per heavy atom.